The van der Waals surface area contributed by atoms with Crippen LogP contribution in [-0.4, -0.2) is 26.2 Å². The molecule has 2 aliphatic heterocycles. The Hall–Kier alpha value is 1.02. The Kier molecular flexibility index (Phi) is 9.96. The fraction of sp³-hybridized carbons (Fsp3) is 0.750. The summed E-state index contributed by atoms with van der Waals surface area (Å²) in [6.45, 7) is 4.64. The Bertz CT molecular complexity index is 45.3. The molecular weight excluding hydrogens is 213 g/mol. The van der Waals surface area contributed by atoms with Crippen LogP contribution in [0, 0.1) is 12.8 Å². The zero-order valence-electron chi connectivity index (χ0n) is 6.97. The first-order chi connectivity index (χ1) is 5.00. The molecule has 0 atom stereocenters. The summed E-state index contributed by atoms with van der Waals surface area (Å²) in [5.41, 5.74) is 0. The maximum Gasteiger partial charge on any atom is 0 e. The minimum absolute atomic E-state index is 0. The van der Waals surface area contributed by atoms with Crippen molar-refractivity contribution in [2.75, 3.05) is 26.2 Å². The number of nitrogens with one attached hydrogen (secondary N) is 2. The minimum atomic E-state index is 0. The van der Waals surface area contributed by atoms with Gasteiger partial charge < -0.3 is 23.5 Å². The molecule has 2 rings (SSSR count). The third-order valence-electron chi connectivity index (χ3n) is 1.63. The van der Waals surface area contributed by atoms with Crippen LogP contribution >= 0.6 is 0 Å². The van der Waals surface area contributed by atoms with Crippen molar-refractivity contribution in [3.8, 4) is 0 Å². The molecule has 2 N–H and O–H groups in total. The zero-order chi connectivity index (χ0) is 7.07. The van der Waals surface area contributed by atoms with Gasteiger partial charge in [-0.05, 0) is 13.1 Å². The summed E-state index contributed by atoms with van der Waals surface area (Å²) in [4.78, 5) is 0. The Morgan fingerprint density at radius 2 is 1.27 bits per heavy atom. The van der Waals surface area contributed by atoms with Gasteiger partial charge in [0.15, 0.2) is 0 Å². The van der Waals surface area contributed by atoms with E-state index in [1.807, 2.05) is 0 Å². The van der Waals surface area contributed by atoms with Crippen molar-refractivity contribution < 1.29 is 32.7 Å². The van der Waals surface area contributed by atoms with E-state index in [2.05, 4.69) is 23.5 Å². The van der Waals surface area contributed by atoms with Crippen molar-refractivity contribution >= 4 is 0 Å². The van der Waals surface area contributed by atoms with Crippen LogP contribution in [0.15, 0.2) is 0 Å². The Morgan fingerprint density at radius 3 is 1.36 bits per heavy atom. The maximum absolute atomic E-state index is 3.17. The summed E-state index contributed by atoms with van der Waals surface area (Å²) in [6.07, 6.45) is 7.03. The van der Waals surface area contributed by atoms with Gasteiger partial charge in [-0.2, -0.15) is 12.8 Å². The van der Waals surface area contributed by atoms with Gasteiger partial charge in [0.25, 0.3) is 0 Å². The van der Waals surface area contributed by atoms with E-state index in [4.69, 9.17) is 0 Å². The standard InChI is InChI=1S/2C4H8N.Y/c2*1-2-4-5-3-1;/h2*1,5H,2-4H2;/q2*-1;. The molecule has 1 radical (unpaired) electrons. The molecule has 0 saturated carbocycles. The van der Waals surface area contributed by atoms with Gasteiger partial charge in [0.05, 0.1) is 0 Å². The van der Waals surface area contributed by atoms with Gasteiger partial charge >= 0.3 is 0 Å². The molecule has 3 heteroatoms. The Morgan fingerprint density at radius 1 is 0.818 bits per heavy atom. The van der Waals surface area contributed by atoms with Crippen LogP contribution < -0.4 is 10.6 Å². The first-order valence-corrected chi connectivity index (χ1v) is 4.05. The van der Waals surface area contributed by atoms with E-state index in [9.17, 15) is 0 Å². The van der Waals surface area contributed by atoms with Crippen LogP contribution in [0.3, 0.4) is 0 Å². The van der Waals surface area contributed by atoms with Crippen molar-refractivity contribution in [3.05, 3.63) is 12.8 Å². The summed E-state index contributed by atoms with van der Waals surface area (Å²) >= 11 is 0. The summed E-state index contributed by atoms with van der Waals surface area (Å²) < 4.78 is 0. The molecule has 11 heavy (non-hydrogen) atoms. The van der Waals surface area contributed by atoms with Gasteiger partial charge in [-0.25, -0.2) is 0 Å². The van der Waals surface area contributed by atoms with Gasteiger partial charge in [-0.3, -0.25) is 0 Å². The van der Waals surface area contributed by atoms with Crippen molar-refractivity contribution in [3.63, 3.8) is 0 Å². The molecule has 0 aromatic heterocycles. The average molecular weight is 229 g/mol. The van der Waals surface area contributed by atoms with E-state index in [0.29, 0.717) is 0 Å². The zero-order valence-corrected chi connectivity index (χ0v) is 9.81. The van der Waals surface area contributed by atoms with Gasteiger partial charge in [0.2, 0.25) is 0 Å². The third kappa shape index (κ3) is 7.39. The second-order valence-corrected chi connectivity index (χ2v) is 2.56. The van der Waals surface area contributed by atoms with Crippen LogP contribution in [0.1, 0.15) is 12.8 Å². The molecule has 0 aliphatic carbocycles. The van der Waals surface area contributed by atoms with Gasteiger partial charge in [-0.15, -0.1) is 13.1 Å². The van der Waals surface area contributed by atoms with Gasteiger partial charge in [0, 0.05) is 32.7 Å². The molecule has 0 aromatic carbocycles. The first kappa shape index (κ1) is 12.0. The maximum atomic E-state index is 3.17. The molecule has 63 valence electrons. The van der Waals surface area contributed by atoms with E-state index < -0.39 is 0 Å². The van der Waals surface area contributed by atoms with E-state index in [1.54, 1.807) is 0 Å². The average Bonchev–Trinajstić information content (AvgIpc) is 2.67. The molecular formula is C8H16N2Y-2. The molecule has 2 heterocycles. The quantitative estimate of drug-likeness (QED) is 0.586. The fourth-order valence-electron chi connectivity index (χ4n) is 1.02. The van der Waals surface area contributed by atoms with Crippen LogP contribution in [0.5, 0.6) is 0 Å². The van der Waals surface area contributed by atoms with E-state index >= 15 is 0 Å². The minimum Gasteiger partial charge on any atom is -0.349 e. The second-order valence-electron chi connectivity index (χ2n) is 2.56. The molecule has 2 saturated heterocycles. The van der Waals surface area contributed by atoms with E-state index in [-0.39, 0.29) is 32.7 Å². The SMILES string of the molecule is [CH-]1CCNC1.[CH-]1CCNC1.[Y]. The summed E-state index contributed by atoms with van der Waals surface area (Å²) in [5, 5.41) is 6.33. The van der Waals surface area contributed by atoms with Crippen molar-refractivity contribution in [2.45, 2.75) is 12.8 Å². The normalized spacial score (nSPS) is 21.8. The third-order valence-corrected chi connectivity index (χ3v) is 1.63. The monoisotopic (exact) mass is 229 g/mol. The topological polar surface area (TPSA) is 24.1 Å². The molecule has 0 unspecified atom stereocenters. The second kappa shape index (κ2) is 9.11. The predicted octanol–water partition coefficient (Wildman–Crippen LogP) is 0.365. The molecule has 0 amide bonds. The molecule has 0 spiro atoms. The van der Waals surface area contributed by atoms with Crippen LogP contribution in [-0.2, 0) is 32.7 Å². The summed E-state index contributed by atoms with van der Waals surface area (Å²) in [7, 11) is 0. The predicted molar refractivity (Wildman–Crippen MR) is 43.6 cm³/mol. The Labute approximate surface area is 94.8 Å². The van der Waals surface area contributed by atoms with E-state index in [1.165, 1.54) is 25.9 Å². The van der Waals surface area contributed by atoms with Crippen LogP contribution in [0.2, 0.25) is 0 Å². The summed E-state index contributed by atoms with van der Waals surface area (Å²) in [6, 6.07) is 0. The number of hydrogen-bond donors (Lipinski definition) is 2. The smallest absolute Gasteiger partial charge is 0 e. The largest absolute Gasteiger partial charge is 0.349 e. The van der Waals surface area contributed by atoms with Gasteiger partial charge in [0.1, 0.15) is 0 Å². The summed E-state index contributed by atoms with van der Waals surface area (Å²) in [5.74, 6) is 0. The molecule has 2 aliphatic rings. The Balaban J connectivity index is 0.000000167. The van der Waals surface area contributed by atoms with Crippen molar-refractivity contribution in [2.24, 2.45) is 0 Å². The van der Waals surface area contributed by atoms with Crippen molar-refractivity contribution in [1.29, 1.82) is 0 Å². The number of rotatable bonds is 0. The van der Waals surface area contributed by atoms with Crippen LogP contribution in [0.25, 0.3) is 0 Å². The molecule has 0 bridgehead atoms. The van der Waals surface area contributed by atoms with Gasteiger partial charge in [-0.1, -0.05) is 0 Å². The first-order valence-electron chi connectivity index (χ1n) is 4.05. The molecule has 2 nitrogen and oxygen atoms in total. The van der Waals surface area contributed by atoms with Crippen molar-refractivity contribution in [1.82, 2.24) is 10.6 Å². The number of hydrogen-bond acceptors (Lipinski definition) is 2. The fourth-order valence-corrected chi connectivity index (χ4v) is 1.02. The van der Waals surface area contributed by atoms with E-state index in [0.717, 1.165) is 13.1 Å². The molecule has 0 aromatic rings. The van der Waals surface area contributed by atoms with Crippen LogP contribution in [0.4, 0.5) is 0 Å². The molecule has 2 fully saturated rings.